The first kappa shape index (κ1) is 11.0. The summed E-state index contributed by atoms with van der Waals surface area (Å²) in [4.78, 5) is 0. The van der Waals surface area contributed by atoms with Crippen molar-refractivity contribution in [3.05, 3.63) is 29.3 Å². The molecule has 1 unspecified atom stereocenters. The summed E-state index contributed by atoms with van der Waals surface area (Å²) < 4.78 is 17.6. The van der Waals surface area contributed by atoms with Crippen LogP contribution in [0.3, 0.4) is 0 Å². The Morgan fingerprint density at radius 3 is 2.79 bits per heavy atom. The van der Waals surface area contributed by atoms with Crippen molar-refractivity contribution in [3.63, 3.8) is 0 Å². The molecule has 0 aliphatic rings. The fourth-order valence-corrected chi connectivity index (χ4v) is 1.18. The van der Waals surface area contributed by atoms with E-state index in [0.717, 1.165) is 11.1 Å². The molecule has 1 atom stereocenters. The van der Waals surface area contributed by atoms with Crippen LogP contribution in [0, 0.1) is 6.92 Å². The summed E-state index contributed by atoms with van der Waals surface area (Å²) in [5.74, 6) is 0. The van der Waals surface area contributed by atoms with Gasteiger partial charge in [0.25, 0.3) is 0 Å². The smallest absolute Gasteiger partial charge is 0.121 e. The number of hydrogen-bond acceptors (Lipinski definition) is 2. The summed E-state index contributed by atoms with van der Waals surface area (Å²) in [6.07, 6.45) is -0.929. The molecule has 0 radical (unpaired) electrons. The number of benzene rings is 1. The molecular formula is C11H16FNO. The molecule has 1 aromatic carbocycles. The number of aryl methyl sites for hydroxylation is 1. The van der Waals surface area contributed by atoms with Crippen molar-refractivity contribution < 1.29 is 9.13 Å². The number of rotatable bonds is 4. The molecule has 0 amide bonds. The van der Waals surface area contributed by atoms with Crippen LogP contribution in [0.4, 0.5) is 10.1 Å². The van der Waals surface area contributed by atoms with Gasteiger partial charge in [0.1, 0.15) is 6.17 Å². The molecule has 14 heavy (non-hydrogen) atoms. The fourth-order valence-electron chi connectivity index (χ4n) is 1.18. The van der Waals surface area contributed by atoms with Crippen LogP contribution < -0.4 is 5.73 Å². The minimum Gasteiger partial charge on any atom is -0.398 e. The Morgan fingerprint density at radius 1 is 1.50 bits per heavy atom. The normalized spacial score (nSPS) is 12.8. The Morgan fingerprint density at radius 2 is 2.21 bits per heavy atom. The van der Waals surface area contributed by atoms with Crippen LogP contribution in [0.2, 0.25) is 0 Å². The van der Waals surface area contributed by atoms with Gasteiger partial charge in [0.15, 0.2) is 0 Å². The molecule has 0 aliphatic carbocycles. The lowest BCUT2D eigenvalue weighted by Gasteiger charge is -2.08. The second-order valence-electron chi connectivity index (χ2n) is 3.50. The van der Waals surface area contributed by atoms with Gasteiger partial charge in [0, 0.05) is 11.3 Å². The van der Waals surface area contributed by atoms with Crippen LogP contribution in [0.1, 0.15) is 18.1 Å². The zero-order valence-corrected chi connectivity index (χ0v) is 8.59. The highest BCUT2D eigenvalue weighted by Gasteiger charge is 2.01. The van der Waals surface area contributed by atoms with E-state index in [1.165, 1.54) is 6.92 Å². The van der Waals surface area contributed by atoms with Crippen molar-refractivity contribution in [1.82, 2.24) is 0 Å². The van der Waals surface area contributed by atoms with E-state index in [4.69, 9.17) is 10.5 Å². The van der Waals surface area contributed by atoms with Crippen molar-refractivity contribution in [2.24, 2.45) is 0 Å². The number of hydrogen-bond donors (Lipinski definition) is 1. The van der Waals surface area contributed by atoms with Gasteiger partial charge in [0.2, 0.25) is 0 Å². The Bertz CT molecular complexity index is 299. The van der Waals surface area contributed by atoms with Gasteiger partial charge in [-0.25, -0.2) is 4.39 Å². The van der Waals surface area contributed by atoms with E-state index < -0.39 is 6.17 Å². The molecular weight excluding hydrogens is 181 g/mol. The van der Waals surface area contributed by atoms with E-state index in [2.05, 4.69) is 0 Å². The molecule has 3 heteroatoms. The van der Waals surface area contributed by atoms with E-state index in [-0.39, 0.29) is 6.61 Å². The largest absolute Gasteiger partial charge is 0.398 e. The van der Waals surface area contributed by atoms with E-state index >= 15 is 0 Å². The number of alkyl halides is 1. The maximum absolute atomic E-state index is 12.4. The summed E-state index contributed by atoms with van der Waals surface area (Å²) >= 11 is 0. The average molecular weight is 197 g/mol. The molecule has 0 saturated carbocycles. The monoisotopic (exact) mass is 197 g/mol. The summed E-state index contributed by atoms with van der Waals surface area (Å²) in [5.41, 5.74) is 8.50. The van der Waals surface area contributed by atoms with E-state index in [9.17, 15) is 4.39 Å². The molecule has 78 valence electrons. The minimum absolute atomic E-state index is 0.118. The van der Waals surface area contributed by atoms with Gasteiger partial charge in [-0.3, -0.25) is 0 Å². The molecule has 0 heterocycles. The van der Waals surface area contributed by atoms with E-state index in [1.54, 1.807) is 0 Å². The predicted molar refractivity (Wildman–Crippen MR) is 55.8 cm³/mol. The van der Waals surface area contributed by atoms with Gasteiger partial charge in [-0.15, -0.1) is 0 Å². The molecule has 0 bridgehead atoms. The summed E-state index contributed by atoms with van der Waals surface area (Å²) in [7, 11) is 0. The predicted octanol–water partition coefficient (Wildman–Crippen LogP) is 2.45. The first-order valence-electron chi connectivity index (χ1n) is 4.66. The highest BCUT2D eigenvalue weighted by molar-refractivity contribution is 5.48. The maximum atomic E-state index is 12.4. The zero-order chi connectivity index (χ0) is 10.6. The molecule has 1 aromatic rings. The molecule has 0 aromatic heterocycles. The lowest BCUT2D eigenvalue weighted by atomic mass is 10.1. The van der Waals surface area contributed by atoms with Crippen LogP contribution in [0.25, 0.3) is 0 Å². The number of nitrogens with two attached hydrogens (primary N) is 1. The Labute approximate surface area is 83.9 Å². The quantitative estimate of drug-likeness (QED) is 0.752. The van der Waals surface area contributed by atoms with Crippen LogP contribution in [0.5, 0.6) is 0 Å². The van der Waals surface area contributed by atoms with Crippen molar-refractivity contribution in [2.75, 3.05) is 12.3 Å². The Kier molecular flexibility index (Phi) is 3.89. The second kappa shape index (κ2) is 4.96. The SMILES string of the molecule is Cc1ccc(COCC(C)F)c(N)c1. The highest BCUT2D eigenvalue weighted by atomic mass is 19.1. The van der Waals surface area contributed by atoms with Gasteiger partial charge in [-0.1, -0.05) is 12.1 Å². The van der Waals surface area contributed by atoms with Gasteiger partial charge >= 0.3 is 0 Å². The third-order valence-electron chi connectivity index (χ3n) is 1.91. The van der Waals surface area contributed by atoms with Crippen molar-refractivity contribution in [3.8, 4) is 0 Å². The van der Waals surface area contributed by atoms with Crippen LogP contribution >= 0.6 is 0 Å². The summed E-state index contributed by atoms with van der Waals surface area (Å²) in [5, 5.41) is 0. The Balaban J connectivity index is 2.51. The van der Waals surface area contributed by atoms with Crippen molar-refractivity contribution in [2.45, 2.75) is 26.6 Å². The van der Waals surface area contributed by atoms with E-state index in [1.807, 2.05) is 25.1 Å². The third kappa shape index (κ3) is 3.34. The van der Waals surface area contributed by atoms with Gasteiger partial charge in [0.05, 0.1) is 13.2 Å². The average Bonchev–Trinajstić information content (AvgIpc) is 2.08. The second-order valence-corrected chi connectivity index (χ2v) is 3.50. The van der Waals surface area contributed by atoms with Gasteiger partial charge in [-0.2, -0.15) is 0 Å². The number of ether oxygens (including phenoxy) is 1. The van der Waals surface area contributed by atoms with Crippen LogP contribution in [-0.4, -0.2) is 12.8 Å². The van der Waals surface area contributed by atoms with Crippen LogP contribution in [-0.2, 0) is 11.3 Å². The lowest BCUT2D eigenvalue weighted by Crippen LogP contribution is -2.06. The Hall–Kier alpha value is -1.09. The molecule has 0 aliphatic heterocycles. The first-order valence-corrected chi connectivity index (χ1v) is 4.66. The van der Waals surface area contributed by atoms with Gasteiger partial charge < -0.3 is 10.5 Å². The third-order valence-corrected chi connectivity index (χ3v) is 1.91. The molecule has 2 nitrogen and oxygen atoms in total. The summed E-state index contributed by atoms with van der Waals surface area (Å²) in [6, 6.07) is 5.76. The zero-order valence-electron chi connectivity index (χ0n) is 8.59. The van der Waals surface area contributed by atoms with E-state index in [0.29, 0.717) is 12.3 Å². The topological polar surface area (TPSA) is 35.2 Å². The first-order chi connectivity index (χ1) is 6.59. The molecule has 2 N–H and O–H groups in total. The minimum atomic E-state index is -0.929. The van der Waals surface area contributed by atoms with Crippen molar-refractivity contribution >= 4 is 5.69 Å². The summed E-state index contributed by atoms with van der Waals surface area (Å²) in [6.45, 7) is 3.94. The number of halogens is 1. The lowest BCUT2D eigenvalue weighted by molar-refractivity contribution is 0.0766. The highest BCUT2D eigenvalue weighted by Crippen LogP contribution is 2.14. The molecule has 0 fully saturated rings. The van der Waals surface area contributed by atoms with Crippen molar-refractivity contribution in [1.29, 1.82) is 0 Å². The van der Waals surface area contributed by atoms with Crippen LogP contribution in [0.15, 0.2) is 18.2 Å². The number of nitrogen functional groups attached to an aromatic ring is 1. The molecule has 0 saturated heterocycles. The standard InChI is InChI=1S/C11H16FNO/c1-8-3-4-10(11(13)5-8)7-14-6-9(2)12/h3-5,9H,6-7,13H2,1-2H3. The molecule has 0 spiro atoms. The van der Waals surface area contributed by atoms with Gasteiger partial charge in [-0.05, 0) is 25.5 Å². The fraction of sp³-hybridized carbons (Fsp3) is 0.455. The maximum Gasteiger partial charge on any atom is 0.121 e. The number of anilines is 1. The molecule has 1 rings (SSSR count).